The molecule has 0 spiro atoms. The standard InChI is InChI=1S/C18H22O10S.C16H22O6S.C9H16O4/c1-10-5-7-14(8-6-10)29(22,23)28-16-15(9-24-11(2)19)27-18(26-13(4)21)17(16)25-12(3)20;1-5-12-13(14-15(19-12)21-16(3,4)20-14)22-23(17,18)11-8-6-10(2)7-9-11;1-4-5-6(10)7-8(11-5)13-9(2,3)12-7/h5-8,15-18H,9H2,1-4H3;6-9,12-15H,5H2,1-4H3;5-8,10H,4H2,1-3H3/t15-,16+,17-,18?;12-,13+,14-,15-;5-,6+,7-,8-/m111/s1. The van der Waals surface area contributed by atoms with Crippen molar-refractivity contribution in [3.05, 3.63) is 59.7 Å². The van der Waals surface area contributed by atoms with Crippen molar-refractivity contribution in [2.75, 3.05) is 6.61 Å². The van der Waals surface area contributed by atoms with Gasteiger partial charge in [0.2, 0.25) is 6.29 Å². The summed E-state index contributed by atoms with van der Waals surface area (Å²) in [5, 5.41) is 9.76. The number of esters is 3. The van der Waals surface area contributed by atoms with E-state index >= 15 is 0 Å². The van der Waals surface area contributed by atoms with Crippen molar-refractivity contribution in [1.82, 2.24) is 0 Å². The van der Waals surface area contributed by atoms with E-state index in [0.29, 0.717) is 6.42 Å². The van der Waals surface area contributed by atoms with Gasteiger partial charge in [0.1, 0.15) is 37.1 Å². The Morgan fingerprint density at radius 1 is 0.585 bits per heavy atom. The summed E-state index contributed by atoms with van der Waals surface area (Å²) < 4.78 is 115. The Morgan fingerprint density at radius 2 is 1.03 bits per heavy atom. The van der Waals surface area contributed by atoms with Gasteiger partial charge < -0.3 is 52.5 Å². The molecule has 20 nitrogen and oxygen atoms in total. The fourth-order valence-corrected chi connectivity index (χ4v) is 9.63. The number of benzene rings is 2. The van der Waals surface area contributed by atoms with Crippen molar-refractivity contribution in [3.63, 3.8) is 0 Å². The molecule has 2 aromatic carbocycles. The summed E-state index contributed by atoms with van der Waals surface area (Å²) in [6.45, 7) is 17.7. The third-order valence-corrected chi connectivity index (χ3v) is 13.1. The molecule has 2 aromatic rings. The second-order valence-electron chi connectivity index (χ2n) is 16.8. The van der Waals surface area contributed by atoms with E-state index in [4.69, 9.17) is 55.7 Å². The number of carbonyl (C=O) groups is 3. The fourth-order valence-electron chi connectivity index (χ4n) is 7.42. The summed E-state index contributed by atoms with van der Waals surface area (Å²) in [7, 11) is -8.20. The molecule has 1 unspecified atom stereocenters. The molecular formula is C43H60O20S2. The van der Waals surface area contributed by atoms with Crippen molar-refractivity contribution in [3.8, 4) is 0 Å². The van der Waals surface area contributed by atoms with Crippen LogP contribution in [0.1, 0.15) is 86.3 Å². The number of aliphatic hydroxyl groups excluding tert-OH is 1. The Balaban J connectivity index is 0.000000195. The van der Waals surface area contributed by atoms with E-state index < -0.39 is 112 Å². The molecule has 5 aliphatic heterocycles. The highest BCUT2D eigenvalue weighted by Gasteiger charge is 2.57. The Labute approximate surface area is 379 Å². The van der Waals surface area contributed by atoms with Crippen LogP contribution in [0.25, 0.3) is 0 Å². The predicted molar refractivity (Wildman–Crippen MR) is 223 cm³/mol. The maximum absolute atomic E-state index is 12.7. The van der Waals surface area contributed by atoms with Gasteiger partial charge in [-0.25, -0.2) is 0 Å². The summed E-state index contributed by atoms with van der Waals surface area (Å²) in [5.74, 6) is -3.61. The maximum atomic E-state index is 12.7. The van der Waals surface area contributed by atoms with E-state index in [1.54, 1.807) is 45.0 Å². The fraction of sp³-hybridized carbons (Fsp3) is 0.651. The van der Waals surface area contributed by atoms with Crippen LogP contribution in [-0.2, 0) is 90.4 Å². The zero-order valence-corrected chi connectivity index (χ0v) is 39.8. The highest BCUT2D eigenvalue weighted by molar-refractivity contribution is 7.87. The predicted octanol–water partition coefficient (Wildman–Crippen LogP) is 3.84. The third kappa shape index (κ3) is 13.5. The first kappa shape index (κ1) is 52.3. The molecule has 5 heterocycles. The van der Waals surface area contributed by atoms with E-state index in [2.05, 4.69) is 0 Å². The van der Waals surface area contributed by atoms with Crippen molar-refractivity contribution in [2.24, 2.45) is 0 Å². The summed E-state index contributed by atoms with van der Waals surface area (Å²) in [4.78, 5) is 34.0. The Bertz CT molecular complexity index is 2180. The van der Waals surface area contributed by atoms with E-state index in [-0.39, 0.29) is 28.1 Å². The van der Waals surface area contributed by atoms with Gasteiger partial charge >= 0.3 is 17.9 Å². The van der Waals surface area contributed by atoms with Gasteiger partial charge in [-0.3, -0.25) is 22.7 Å². The van der Waals surface area contributed by atoms with Crippen LogP contribution in [0.3, 0.4) is 0 Å². The molecule has 0 saturated carbocycles. The Kier molecular flexibility index (Phi) is 17.0. The summed E-state index contributed by atoms with van der Waals surface area (Å²) >= 11 is 0. The molecule has 0 aliphatic carbocycles. The molecule has 1 N–H and O–H groups in total. The zero-order chi connectivity index (χ0) is 48.2. The number of carbonyl (C=O) groups excluding carboxylic acids is 3. The molecule has 22 heteroatoms. The molecule has 0 aromatic heterocycles. The van der Waals surface area contributed by atoms with E-state index in [0.717, 1.165) is 38.3 Å². The molecule has 5 saturated heterocycles. The maximum Gasteiger partial charge on any atom is 0.305 e. The number of aryl methyl sites for hydroxylation is 2. The number of aliphatic hydroxyl groups is 1. The SMILES string of the molecule is CC(=O)OC[C@H]1OC(OC(C)=O)[C@H](OC(C)=O)[C@H]1OS(=O)(=O)c1ccc(C)cc1.CC[C@H]1O[C@@H]2OC(C)(C)O[C@@H]2[C@H]1O.CC[C@H]1O[C@@H]2OC(C)(C)O[C@@H]2[C@H]1OS(=O)(=O)c1ccc(C)cc1. The highest BCUT2D eigenvalue weighted by atomic mass is 32.2. The highest BCUT2D eigenvalue weighted by Crippen LogP contribution is 2.41. The van der Waals surface area contributed by atoms with Gasteiger partial charge in [-0.1, -0.05) is 49.2 Å². The van der Waals surface area contributed by atoms with Gasteiger partial charge in [0, 0.05) is 20.8 Å². The van der Waals surface area contributed by atoms with E-state index in [1.807, 2.05) is 34.6 Å². The number of hydrogen-bond acceptors (Lipinski definition) is 20. The lowest BCUT2D eigenvalue weighted by Gasteiger charge is -2.24. The average molecular weight is 961 g/mol. The number of ether oxygens (including phenoxy) is 10. The zero-order valence-electron chi connectivity index (χ0n) is 38.2. The van der Waals surface area contributed by atoms with Crippen molar-refractivity contribution in [1.29, 1.82) is 0 Å². The van der Waals surface area contributed by atoms with Crippen molar-refractivity contribution < 1.29 is 92.1 Å². The first-order chi connectivity index (χ1) is 30.2. The molecule has 0 bridgehead atoms. The van der Waals surface area contributed by atoms with Gasteiger partial charge in [0.25, 0.3) is 20.2 Å². The van der Waals surface area contributed by atoms with Gasteiger partial charge in [-0.15, -0.1) is 0 Å². The van der Waals surface area contributed by atoms with Gasteiger partial charge in [0.15, 0.2) is 36.4 Å². The van der Waals surface area contributed by atoms with Crippen LogP contribution >= 0.6 is 0 Å². The van der Waals surface area contributed by atoms with Crippen LogP contribution in [0.2, 0.25) is 0 Å². The molecule has 5 fully saturated rings. The summed E-state index contributed by atoms with van der Waals surface area (Å²) in [6.07, 6.45) is -7.73. The molecule has 5 aliphatic rings. The van der Waals surface area contributed by atoms with Crippen LogP contribution in [0.4, 0.5) is 0 Å². The minimum absolute atomic E-state index is 0.125. The molecule has 7 rings (SSSR count). The lowest BCUT2D eigenvalue weighted by molar-refractivity contribution is -0.215. The number of hydrogen-bond donors (Lipinski definition) is 1. The Morgan fingerprint density at radius 3 is 1.48 bits per heavy atom. The molecule has 364 valence electrons. The second kappa shape index (κ2) is 21.1. The van der Waals surface area contributed by atoms with Gasteiger partial charge in [-0.2, -0.15) is 16.8 Å². The second-order valence-corrected chi connectivity index (χ2v) is 19.9. The average Bonchev–Trinajstić information content (AvgIpc) is 3.95. The third-order valence-electron chi connectivity index (χ3n) is 10.4. The smallest absolute Gasteiger partial charge is 0.305 e. The molecule has 12 atom stereocenters. The largest absolute Gasteiger partial charge is 0.463 e. The first-order valence-corrected chi connectivity index (χ1v) is 23.9. The molecule has 65 heavy (non-hydrogen) atoms. The minimum Gasteiger partial charge on any atom is -0.463 e. The Hall–Kier alpha value is -3.65. The summed E-state index contributed by atoms with van der Waals surface area (Å²) in [5.41, 5.74) is 1.82. The van der Waals surface area contributed by atoms with Crippen LogP contribution < -0.4 is 0 Å². The monoisotopic (exact) mass is 960 g/mol. The van der Waals surface area contributed by atoms with Crippen LogP contribution in [0, 0.1) is 13.8 Å². The lowest BCUT2D eigenvalue weighted by atomic mass is 10.1. The normalized spacial score (nSPS) is 31.9. The van der Waals surface area contributed by atoms with Crippen molar-refractivity contribution >= 4 is 38.1 Å². The van der Waals surface area contributed by atoms with Crippen molar-refractivity contribution in [2.45, 2.75) is 184 Å². The van der Waals surface area contributed by atoms with Crippen LogP contribution in [0.5, 0.6) is 0 Å². The minimum atomic E-state index is -4.30. The molecule has 0 amide bonds. The van der Waals surface area contributed by atoms with Gasteiger partial charge in [0.05, 0.1) is 22.0 Å². The van der Waals surface area contributed by atoms with Crippen LogP contribution in [0.15, 0.2) is 58.3 Å². The molecular weight excluding hydrogens is 901 g/mol. The molecule has 0 radical (unpaired) electrons. The van der Waals surface area contributed by atoms with E-state index in [9.17, 15) is 36.3 Å². The lowest BCUT2D eigenvalue weighted by Crippen LogP contribution is -2.42. The van der Waals surface area contributed by atoms with Gasteiger partial charge in [-0.05, 0) is 78.6 Å². The number of fused-ring (bicyclic) bond motifs is 2. The number of rotatable bonds is 12. The first-order valence-electron chi connectivity index (χ1n) is 21.1. The topological polar surface area (TPSA) is 250 Å². The van der Waals surface area contributed by atoms with E-state index in [1.165, 1.54) is 24.3 Å². The summed E-state index contributed by atoms with van der Waals surface area (Å²) in [6, 6.07) is 12.4. The quantitative estimate of drug-likeness (QED) is 0.180. The van der Waals surface area contributed by atoms with Crippen LogP contribution in [-0.4, -0.2) is 132 Å².